The molecule has 1 amide bonds. The van der Waals surface area contributed by atoms with Gasteiger partial charge in [-0.3, -0.25) is 4.79 Å². The fourth-order valence-corrected chi connectivity index (χ4v) is 3.84. The molecule has 0 radical (unpaired) electrons. The summed E-state index contributed by atoms with van der Waals surface area (Å²) in [4.78, 5) is 21.5. The molecule has 2 unspecified atom stereocenters. The first-order chi connectivity index (χ1) is 14.2. The fraction of sp³-hybridized carbons (Fsp3) is 0.636. The molecule has 2 aliphatic rings. The third-order valence-corrected chi connectivity index (χ3v) is 5.42. The summed E-state index contributed by atoms with van der Waals surface area (Å²) >= 11 is 0. The Balaban J connectivity index is 1.60. The molecule has 1 aromatic carbocycles. The third kappa shape index (κ3) is 6.18. The highest BCUT2D eigenvalue weighted by atomic mass is 16.5. The van der Waals surface area contributed by atoms with Crippen molar-refractivity contribution in [2.24, 2.45) is 4.99 Å². The Labute approximate surface area is 174 Å². The van der Waals surface area contributed by atoms with Gasteiger partial charge in [0, 0.05) is 39.3 Å². The van der Waals surface area contributed by atoms with Crippen LogP contribution in [0, 0.1) is 0 Å². The summed E-state index contributed by atoms with van der Waals surface area (Å²) < 4.78 is 11.8. The second-order valence-electron chi connectivity index (χ2n) is 7.47. The molecule has 2 aliphatic heterocycles. The van der Waals surface area contributed by atoms with E-state index in [-0.39, 0.29) is 24.7 Å². The topological polar surface area (TPSA) is 66.4 Å². The van der Waals surface area contributed by atoms with Crippen LogP contribution in [0.4, 0.5) is 0 Å². The summed E-state index contributed by atoms with van der Waals surface area (Å²) in [6.45, 7) is 9.21. The Morgan fingerprint density at radius 3 is 2.69 bits per heavy atom. The highest BCUT2D eigenvalue weighted by Gasteiger charge is 2.32. The van der Waals surface area contributed by atoms with Crippen LogP contribution >= 0.6 is 0 Å². The van der Waals surface area contributed by atoms with Crippen LogP contribution in [-0.2, 0) is 20.8 Å². The Morgan fingerprint density at radius 1 is 1.21 bits per heavy atom. The van der Waals surface area contributed by atoms with Crippen LogP contribution in [0.3, 0.4) is 0 Å². The van der Waals surface area contributed by atoms with Gasteiger partial charge in [-0.05, 0) is 32.3 Å². The van der Waals surface area contributed by atoms with Gasteiger partial charge >= 0.3 is 0 Å². The molecule has 2 fully saturated rings. The maximum absolute atomic E-state index is 12.8. The lowest BCUT2D eigenvalue weighted by atomic mass is 10.1. The zero-order valence-electron chi connectivity index (χ0n) is 17.7. The zero-order valence-corrected chi connectivity index (χ0v) is 17.7. The number of carbonyl (C=O) groups excluding carboxylic acids is 1. The standard InChI is InChI=1S/C22H34N4O3/c1-3-23-22(26-12-14-29-20(17-26)19-11-8-13-28-19)24-15-21(27)25(4-2)16-18-9-6-5-7-10-18/h5-7,9-10,19-20H,3-4,8,11-17H2,1-2H3,(H,23,24). The first-order valence-electron chi connectivity index (χ1n) is 10.8. The number of likely N-dealkylation sites (N-methyl/N-ethyl adjacent to an activating group) is 1. The van der Waals surface area contributed by atoms with Gasteiger partial charge in [0.15, 0.2) is 5.96 Å². The van der Waals surface area contributed by atoms with Crippen LogP contribution in [0.15, 0.2) is 35.3 Å². The van der Waals surface area contributed by atoms with Gasteiger partial charge in [-0.2, -0.15) is 0 Å². The number of hydrogen-bond acceptors (Lipinski definition) is 4. The van der Waals surface area contributed by atoms with E-state index in [4.69, 9.17) is 9.47 Å². The molecular weight excluding hydrogens is 368 g/mol. The average molecular weight is 403 g/mol. The van der Waals surface area contributed by atoms with Gasteiger partial charge in [-0.15, -0.1) is 0 Å². The van der Waals surface area contributed by atoms with Gasteiger partial charge < -0.3 is 24.6 Å². The smallest absolute Gasteiger partial charge is 0.244 e. The van der Waals surface area contributed by atoms with Gasteiger partial charge in [0.2, 0.25) is 5.91 Å². The minimum absolute atomic E-state index is 0.0377. The summed E-state index contributed by atoms with van der Waals surface area (Å²) in [6, 6.07) is 10.1. The van der Waals surface area contributed by atoms with Crippen LogP contribution < -0.4 is 5.32 Å². The van der Waals surface area contributed by atoms with Crippen molar-refractivity contribution in [1.82, 2.24) is 15.1 Å². The SMILES string of the molecule is CCNC(=NCC(=O)N(CC)Cc1ccccc1)N1CCOC(C2CCCO2)C1. The number of ether oxygens (including phenoxy) is 2. The van der Waals surface area contributed by atoms with Crippen molar-refractivity contribution in [2.75, 3.05) is 45.9 Å². The molecule has 0 aliphatic carbocycles. The second kappa shape index (κ2) is 11.2. The van der Waals surface area contributed by atoms with E-state index < -0.39 is 0 Å². The van der Waals surface area contributed by atoms with E-state index in [0.29, 0.717) is 19.7 Å². The molecule has 3 rings (SSSR count). The van der Waals surface area contributed by atoms with Crippen molar-refractivity contribution in [1.29, 1.82) is 0 Å². The minimum atomic E-state index is 0.0377. The van der Waals surface area contributed by atoms with Crippen molar-refractivity contribution in [3.63, 3.8) is 0 Å². The molecule has 160 valence electrons. The molecule has 29 heavy (non-hydrogen) atoms. The molecule has 0 spiro atoms. The number of carbonyl (C=O) groups is 1. The van der Waals surface area contributed by atoms with Crippen molar-refractivity contribution >= 4 is 11.9 Å². The molecule has 7 nitrogen and oxygen atoms in total. The van der Waals surface area contributed by atoms with Crippen LogP contribution in [0.5, 0.6) is 0 Å². The number of nitrogens with zero attached hydrogens (tertiary/aromatic N) is 3. The number of benzene rings is 1. The summed E-state index contributed by atoms with van der Waals surface area (Å²) in [7, 11) is 0. The molecule has 2 saturated heterocycles. The van der Waals surface area contributed by atoms with E-state index in [1.807, 2.05) is 49.1 Å². The lowest BCUT2D eigenvalue weighted by Gasteiger charge is -2.37. The average Bonchev–Trinajstić information content (AvgIpc) is 3.30. The second-order valence-corrected chi connectivity index (χ2v) is 7.47. The lowest BCUT2D eigenvalue weighted by molar-refractivity contribution is -0.130. The molecule has 0 saturated carbocycles. The number of rotatable bonds is 7. The first-order valence-corrected chi connectivity index (χ1v) is 10.8. The van der Waals surface area contributed by atoms with Gasteiger partial charge in [0.25, 0.3) is 0 Å². The molecule has 2 heterocycles. The molecular formula is C22H34N4O3. The fourth-order valence-electron chi connectivity index (χ4n) is 3.84. The van der Waals surface area contributed by atoms with Gasteiger partial charge in [0.05, 0.1) is 12.7 Å². The number of amides is 1. The first kappa shape index (κ1) is 21.6. The molecule has 7 heteroatoms. The quantitative estimate of drug-likeness (QED) is 0.557. The monoisotopic (exact) mass is 402 g/mol. The van der Waals surface area contributed by atoms with Crippen molar-refractivity contribution in [3.05, 3.63) is 35.9 Å². The third-order valence-electron chi connectivity index (χ3n) is 5.42. The zero-order chi connectivity index (χ0) is 20.5. The van der Waals surface area contributed by atoms with Crippen LogP contribution in [0.2, 0.25) is 0 Å². The number of guanidine groups is 1. The number of morpholine rings is 1. The lowest BCUT2D eigenvalue weighted by Crippen LogP contribution is -2.53. The maximum Gasteiger partial charge on any atom is 0.244 e. The number of aliphatic imine (C=N–C) groups is 1. The van der Waals surface area contributed by atoms with E-state index in [9.17, 15) is 4.79 Å². The van der Waals surface area contributed by atoms with Crippen molar-refractivity contribution in [2.45, 2.75) is 45.4 Å². The normalized spacial score (nSPS) is 22.6. The van der Waals surface area contributed by atoms with Gasteiger partial charge in [-0.1, -0.05) is 30.3 Å². The minimum Gasteiger partial charge on any atom is -0.375 e. The Hall–Kier alpha value is -2.12. The number of hydrogen-bond donors (Lipinski definition) is 1. The van der Waals surface area contributed by atoms with Gasteiger partial charge in [0.1, 0.15) is 12.6 Å². The predicted molar refractivity (Wildman–Crippen MR) is 114 cm³/mol. The van der Waals surface area contributed by atoms with Crippen LogP contribution in [0.1, 0.15) is 32.3 Å². The van der Waals surface area contributed by atoms with Crippen LogP contribution in [0.25, 0.3) is 0 Å². The van der Waals surface area contributed by atoms with E-state index in [0.717, 1.165) is 50.6 Å². The number of nitrogens with one attached hydrogen (secondary N) is 1. The molecule has 1 N–H and O–H groups in total. The summed E-state index contributed by atoms with van der Waals surface area (Å²) in [5, 5.41) is 3.33. The van der Waals surface area contributed by atoms with E-state index in [1.54, 1.807) is 0 Å². The summed E-state index contributed by atoms with van der Waals surface area (Å²) in [5.41, 5.74) is 1.13. The van der Waals surface area contributed by atoms with E-state index in [2.05, 4.69) is 15.2 Å². The molecule has 0 aromatic heterocycles. The Kier molecular flexibility index (Phi) is 8.31. The molecule has 0 bridgehead atoms. The molecule has 2 atom stereocenters. The van der Waals surface area contributed by atoms with Crippen molar-refractivity contribution in [3.8, 4) is 0 Å². The Morgan fingerprint density at radius 2 is 2.00 bits per heavy atom. The highest BCUT2D eigenvalue weighted by molar-refractivity contribution is 5.85. The largest absolute Gasteiger partial charge is 0.375 e. The van der Waals surface area contributed by atoms with Gasteiger partial charge in [-0.25, -0.2) is 4.99 Å². The predicted octanol–water partition coefficient (Wildman–Crippen LogP) is 1.88. The maximum atomic E-state index is 12.8. The van der Waals surface area contributed by atoms with Crippen LogP contribution in [-0.4, -0.2) is 79.8 Å². The Bertz CT molecular complexity index is 661. The highest BCUT2D eigenvalue weighted by Crippen LogP contribution is 2.21. The van der Waals surface area contributed by atoms with E-state index >= 15 is 0 Å². The summed E-state index contributed by atoms with van der Waals surface area (Å²) in [6.07, 6.45) is 2.39. The molecule has 1 aromatic rings. The summed E-state index contributed by atoms with van der Waals surface area (Å²) in [5.74, 6) is 0.818. The van der Waals surface area contributed by atoms with E-state index in [1.165, 1.54) is 0 Å². The van der Waals surface area contributed by atoms with Crippen molar-refractivity contribution < 1.29 is 14.3 Å².